The number of aliphatic hydroxyl groups is 3. The molecule has 0 aliphatic carbocycles. The van der Waals surface area contributed by atoms with Crippen LogP contribution in [0.3, 0.4) is 0 Å². The Balaban J connectivity index is 1.93. The van der Waals surface area contributed by atoms with Crippen LogP contribution in [0.5, 0.6) is 0 Å². The summed E-state index contributed by atoms with van der Waals surface area (Å²) in [5, 5.41) is 29.3. The summed E-state index contributed by atoms with van der Waals surface area (Å²) >= 11 is 0. The Kier molecular flexibility index (Phi) is 4.91. The van der Waals surface area contributed by atoms with Crippen molar-refractivity contribution >= 4 is 0 Å². The molecule has 2 fully saturated rings. The number of hydrogen-bond acceptors (Lipinski definition) is 7. The highest BCUT2D eigenvalue weighted by Gasteiger charge is 2.44. The lowest BCUT2D eigenvalue weighted by atomic mass is 9.98. The van der Waals surface area contributed by atoms with E-state index in [9.17, 15) is 15.3 Å². The highest BCUT2D eigenvalue weighted by molar-refractivity contribution is 4.90. The van der Waals surface area contributed by atoms with Gasteiger partial charge in [0, 0.05) is 26.7 Å². The van der Waals surface area contributed by atoms with E-state index in [1.165, 1.54) is 7.11 Å². The third-order valence-electron chi connectivity index (χ3n) is 3.44. The smallest absolute Gasteiger partial charge is 0.186 e. The molecule has 2 heterocycles. The second-order valence-electron chi connectivity index (χ2n) is 4.66. The first-order chi connectivity index (χ1) is 8.63. The molecule has 106 valence electrons. The first-order valence-electron chi connectivity index (χ1n) is 6.16. The van der Waals surface area contributed by atoms with E-state index in [0.29, 0.717) is 19.8 Å². The molecule has 0 spiro atoms. The minimum Gasteiger partial charge on any atom is -0.388 e. The summed E-state index contributed by atoms with van der Waals surface area (Å²) in [6.45, 7) is 3.32. The van der Waals surface area contributed by atoms with Crippen LogP contribution >= 0.6 is 0 Å². The van der Waals surface area contributed by atoms with Crippen molar-refractivity contribution in [2.45, 2.75) is 30.7 Å². The Hall–Kier alpha value is -0.280. The molecule has 0 radical (unpaired) electrons. The fourth-order valence-electron chi connectivity index (χ4n) is 2.30. The zero-order valence-electron chi connectivity index (χ0n) is 10.4. The molecule has 2 rings (SSSR count). The minimum atomic E-state index is -1.25. The average molecular weight is 263 g/mol. The molecule has 0 bridgehead atoms. The molecule has 7 nitrogen and oxygen atoms in total. The lowest BCUT2D eigenvalue weighted by molar-refractivity contribution is -0.292. The van der Waals surface area contributed by atoms with E-state index in [2.05, 4.69) is 4.90 Å². The summed E-state index contributed by atoms with van der Waals surface area (Å²) in [5.74, 6) is 0. The van der Waals surface area contributed by atoms with Gasteiger partial charge in [0.05, 0.1) is 13.2 Å². The SMILES string of the molecule is CO[C@H]1O[C@H](CN2CCOCC2)[C@@H](O)[C@H](O)[C@H]1O. The topological polar surface area (TPSA) is 91.6 Å². The Morgan fingerprint density at radius 3 is 2.39 bits per heavy atom. The number of methoxy groups -OCH3 is 1. The van der Waals surface area contributed by atoms with Gasteiger partial charge < -0.3 is 29.5 Å². The summed E-state index contributed by atoms with van der Waals surface area (Å²) in [6.07, 6.45) is -5.09. The van der Waals surface area contributed by atoms with Gasteiger partial charge in [0.2, 0.25) is 0 Å². The molecule has 2 aliphatic rings. The van der Waals surface area contributed by atoms with Gasteiger partial charge in [-0.05, 0) is 0 Å². The lowest BCUT2D eigenvalue weighted by Crippen LogP contribution is -2.60. The molecule has 2 saturated heterocycles. The van der Waals surface area contributed by atoms with Crippen LogP contribution in [0, 0.1) is 0 Å². The molecular weight excluding hydrogens is 242 g/mol. The number of aliphatic hydroxyl groups excluding tert-OH is 3. The van der Waals surface area contributed by atoms with Gasteiger partial charge in [0.25, 0.3) is 0 Å². The number of morpholine rings is 1. The molecule has 0 amide bonds. The fourth-order valence-corrected chi connectivity index (χ4v) is 2.30. The first kappa shape index (κ1) is 14.1. The molecule has 5 atom stereocenters. The average Bonchev–Trinajstić information content (AvgIpc) is 2.40. The molecule has 0 aromatic rings. The maximum Gasteiger partial charge on any atom is 0.186 e. The van der Waals surface area contributed by atoms with Crippen LogP contribution in [0.15, 0.2) is 0 Å². The van der Waals surface area contributed by atoms with Gasteiger partial charge in [0.1, 0.15) is 24.4 Å². The highest BCUT2D eigenvalue weighted by atomic mass is 16.7. The van der Waals surface area contributed by atoms with E-state index in [0.717, 1.165) is 13.1 Å². The Labute approximate surface area is 106 Å². The summed E-state index contributed by atoms with van der Waals surface area (Å²) < 4.78 is 15.7. The largest absolute Gasteiger partial charge is 0.388 e. The number of rotatable bonds is 3. The summed E-state index contributed by atoms with van der Waals surface area (Å²) in [5.41, 5.74) is 0. The van der Waals surface area contributed by atoms with Crippen molar-refractivity contribution in [1.29, 1.82) is 0 Å². The van der Waals surface area contributed by atoms with Crippen molar-refractivity contribution in [2.24, 2.45) is 0 Å². The summed E-state index contributed by atoms with van der Waals surface area (Å²) in [7, 11) is 1.39. The first-order valence-corrected chi connectivity index (χ1v) is 6.16. The predicted molar refractivity (Wildman–Crippen MR) is 60.9 cm³/mol. The molecule has 0 aromatic carbocycles. The van der Waals surface area contributed by atoms with Crippen molar-refractivity contribution in [2.75, 3.05) is 40.0 Å². The number of hydrogen-bond donors (Lipinski definition) is 3. The Morgan fingerprint density at radius 1 is 1.11 bits per heavy atom. The zero-order valence-corrected chi connectivity index (χ0v) is 10.4. The van der Waals surface area contributed by atoms with E-state index in [-0.39, 0.29) is 0 Å². The van der Waals surface area contributed by atoms with Gasteiger partial charge in [-0.1, -0.05) is 0 Å². The van der Waals surface area contributed by atoms with Crippen LogP contribution in [0.25, 0.3) is 0 Å². The second kappa shape index (κ2) is 6.25. The van der Waals surface area contributed by atoms with Gasteiger partial charge >= 0.3 is 0 Å². The Morgan fingerprint density at radius 2 is 1.78 bits per heavy atom. The van der Waals surface area contributed by atoms with Gasteiger partial charge in [-0.25, -0.2) is 0 Å². The number of ether oxygens (including phenoxy) is 3. The van der Waals surface area contributed by atoms with Gasteiger partial charge in [0.15, 0.2) is 6.29 Å². The molecule has 18 heavy (non-hydrogen) atoms. The van der Waals surface area contributed by atoms with Gasteiger partial charge in [-0.3, -0.25) is 4.90 Å². The van der Waals surface area contributed by atoms with E-state index in [1.54, 1.807) is 0 Å². The van der Waals surface area contributed by atoms with E-state index in [1.807, 2.05) is 0 Å². The van der Waals surface area contributed by atoms with Crippen LogP contribution in [-0.2, 0) is 14.2 Å². The second-order valence-corrected chi connectivity index (χ2v) is 4.66. The third kappa shape index (κ3) is 3.00. The predicted octanol–water partition coefficient (Wildman–Crippen LogP) is -2.23. The molecule has 0 saturated carbocycles. The molecular formula is C11H21NO6. The van der Waals surface area contributed by atoms with E-state index >= 15 is 0 Å². The molecule has 2 aliphatic heterocycles. The van der Waals surface area contributed by atoms with Crippen molar-refractivity contribution in [3.63, 3.8) is 0 Å². The van der Waals surface area contributed by atoms with Crippen molar-refractivity contribution in [3.05, 3.63) is 0 Å². The van der Waals surface area contributed by atoms with Crippen LogP contribution in [0.2, 0.25) is 0 Å². The third-order valence-corrected chi connectivity index (χ3v) is 3.44. The van der Waals surface area contributed by atoms with Gasteiger partial charge in [-0.15, -0.1) is 0 Å². The van der Waals surface area contributed by atoms with Crippen LogP contribution in [0.4, 0.5) is 0 Å². The zero-order chi connectivity index (χ0) is 13.1. The Bertz CT molecular complexity index is 258. The van der Waals surface area contributed by atoms with Crippen LogP contribution in [-0.4, -0.2) is 90.9 Å². The lowest BCUT2D eigenvalue weighted by Gasteiger charge is -2.42. The molecule has 3 N–H and O–H groups in total. The highest BCUT2D eigenvalue weighted by Crippen LogP contribution is 2.22. The van der Waals surface area contributed by atoms with Gasteiger partial charge in [-0.2, -0.15) is 0 Å². The molecule has 0 aromatic heterocycles. The van der Waals surface area contributed by atoms with Crippen molar-refractivity contribution in [1.82, 2.24) is 4.90 Å². The molecule has 0 unspecified atom stereocenters. The van der Waals surface area contributed by atoms with E-state index < -0.39 is 30.7 Å². The quantitative estimate of drug-likeness (QED) is 0.531. The molecule has 7 heteroatoms. The summed E-state index contributed by atoms with van der Waals surface area (Å²) in [4.78, 5) is 2.09. The maximum absolute atomic E-state index is 9.90. The monoisotopic (exact) mass is 263 g/mol. The maximum atomic E-state index is 9.90. The summed E-state index contributed by atoms with van der Waals surface area (Å²) in [6, 6.07) is 0. The minimum absolute atomic E-state index is 0.480. The fraction of sp³-hybridized carbons (Fsp3) is 1.00. The number of nitrogens with zero attached hydrogens (tertiary/aromatic N) is 1. The standard InChI is InChI=1S/C11H21NO6/c1-16-11-10(15)9(14)8(13)7(18-11)6-12-2-4-17-5-3-12/h7-11,13-15H,2-6H2,1H3/t7-,8-,9+,10-,11+/m1/s1. The van der Waals surface area contributed by atoms with Crippen LogP contribution in [0.1, 0.15) is 0 Å². The normalized spacial score (nSPS) is 43.0. The van der Waals surface area contributed by atoms with Crippen molar-refractivity contribution in [3.8, 4) is 0 Å². The van der Waals surface area contributed by atoms with Crippen LogP contribution < -0.4 is 0 Å². The van der Waals surface area contributed by atoms with E-state index in [4.69, 9.17) is 14.2 Å². The van der Waals surface area contributed by atoms with Crippen molar-refractivity contribution < 1.29 is 29.5 Å².